The predicted molar refractivity (Wildman–Crippen MR) is 96.2 cm³/mol. The molecular formula is C17H16BrClN2O2. The van der Waals surface area contributed by atoms with Crippen molar-refractivity contribution in [2.24, 2.45) is 0 Å². The number of carbonyl (C=O) groups is 2. The third-order valence-electron chi connectivity index (χ3n) is 3.08. The van der Waals surface area contributed by atoms with Gasteiger partial charge in [-0.1, -0.05) is 39.7 Å². The summed E-state index contributed by atoms with van der Waals surface area (Å²) in [5.74, 6) is -0.428. The number of carbonyl (C=O) groups excluding carboxylic acids is 2. The highest BCUT2D eigenvalue weighted by atomic mass is 79.9. The van der Waals surface area contributed by atoms with Crippen LogP contribution in [-0.2, 0) is 4.79 Å². The van der Waals surface area contributed by atoms with Gasteiger partial charge in [0, 0.05) is 15.6 Å². The zero-order valence-electron chi connectivity index (χ0n) is 12.8. The number of nitrogens with one attached hydrogen (secondary N) is 1. The maximum atomic E-state index is 12.8. The van der Waals surface area contributed by atoms with Gasteiger partial charge in [0.05, 0.1) is 17.3 Å². The summed E-state index contributed by atoms with van der Waals surface area (Å²) >= 11 is 9.47. The molecule has 0 spiro atoms. The van der Waals surface area contributed by atoms with E-state index in [4.69, 9.17) is 11.6 Å². The number of anilines is 1. The lowest BCUT2D eigenvalue weighted by molar-refractivity contribution is -0.116. The molecule has 0 radical (unpaired) electrons. The van der Waals surface area contributed by atoms with E-state index in [1.165, 1.54) is 0 Å². The van der Waals surface area contributed by atoms with Crippen LogP contribution < -0.4 is 5.32 Å². The standard InChI is InChI=1S/C17H16BrClN2O2/c1-21(2)10-16(22)20-15-8-7-11(18)9-13(15)17(23)12-5-3-4-6-14(12)19/h3-9H,10H2,1-2H3,(H,20,22). The maximum Gasteiger partial charge on any atom is 0.238 e. The topological polar surface area (TPSA) is 49.4 Å². The van der Waals surface area contributed by atoms with Crippen LogP contribution in [0.25, 0.3) is 0 Å². The highest BCUT2D eigenvalue weighted by Crippen LogP contribution is 2.26. The van der Waals surface area contributed by atoms with Crippen molar-refractivity contribution >= 4 is 44.9 Å². The van der Waals surface area contributed by atoms with E-state index in [1.807, 2.05) is 0 Å². The minimum Gasteiger partial charge on any atom is -0.324 e. The summed E-state index contributed by atoms with van der Waals surface area (Å²) in [7, 11) is 3.61. The van der Waals surface area contributed by atoms with Crippen molar-refractivity contribution in [2.75, 3.05) is 26.0 Å². The van der Waals surface area contributed by atoms with Gasteiger partial charge in [0.1, 0.15) is 0 Å². The summed E-state index contributed by atoms with van der Waals surface area (Å²) in [6.45, 7) is 0.232. The van der Waals surface area contributed by atoms with Crippen molar-refractivity contribution in [2.45, 2.75) is 0 Å². The Morgan fingerprint density at radius 3 is 2.48 bits per heavy atom. The average Bonchev–Trinajstić information content (AvgIpc) is 2.48. The maximum absolute atomic E-state index is 12.8. The molecule has 0 heterocycles. The monoisotopic (exact) mass is 394 g/mol. The summed E-state index contributed by atoms with van der Waals surface area (Å²) in [5.41, 5.74) is 1.25. The SMILES string of the molecule is CN(C)CC(=O)Nc1ccc(Br)cc1C(=O)c1ccccc1Cl. The van der Waals surface area contributed by atoms with Gasteiger partial charge in [-0.25, -0.2) is 0 Å². The molecule has 2 aromatic rings. The number of rotatable bonds is 5. The van der Waals surface area contributed by atoms with Crippen LogP contribution in [0, 0.1) is 0 Å². The first-order valence-electron chi connectivity index (χ1n) is 6.92. The van der Waals surface area contributed by atoms with Crippen molar-refractivity contribution in [1.82, 2.24) is 4.90 Å². The minimum absolute atomic E-state index is 0.189. The number of benzene rings is 2. The molecule has 0 saturated heterocycles. The Morgan fingerprint density at radius 2 is 1.83 bits per heavy atom. The predicted octanol–water partition coefficient (Wildman–Crippen LogP) is 3.83. The quantitative estimate of drug-likeness (QED) is 0.783. The molecule has 0 unspecified atom stereocenters. The first kappa shape index (κ1) is 17.7. The van der Waals surface area contributed by atoms with Crippen molar-refractivity contribution in [3.8, 4) is 0 Å². The van der Waals surface area contributed by atoms with Gasteiger partial charge in [0.15, 0.2) is 5.78 Å². The van der Waals surface area contributed by atoms with Crippen LogP contribution in [-0.4, -0.2) is 37.2 Å². The number of ketones is 1. The molecule has 0 bridgehead atoms. The van der Waals surface area contributed by atoms with E-state index in [9.17, 15) is 9.59 Å². The molecule has 0 atom stereocenters. The van der Waals surface area contributed by atoms with E-state index in [-0.39, 0.29) is 18.2 Å². The largest absolute Gasteiger partial charge is 0.324 e. The van der Waals surface area contributed by atoms with Gasteiger partial charge in [-0.3, -0.25) is 9.59 Å². The van der Waals surface area contributed by atoms with E-state index >= 15 is 0 Å². The van der Waals surface area contributed by atoms with Gasteiger partial charge in [0.25, 0.3) is 0 Å². The Bertz CT molecular complexity index is 747. The lowest BCUT2D eigenvalue weighted by Gasteiger charge is -2.14. The summed E-state index contributed by atoms with van der Waals surface area (Å²) in [6, 6.07) is 12.0. The molecule has 23 heavy (non-hydrogen) atoms. The zero-order chi connectivity index (χ0) is 17.0. The summed E-state index contributed by atoms with van der Waals surface area (Å²) in [6.07, 6.45) is 0. The Hall–Kier alpha value is -1.69. The van der Waals surface area contributed by atoms with Gasteiger partial charge < -0.3 is 10.2 Å². The van der Waals surface area contributed by atoms with Crippen molar-refractivity contribution in [3.05, 3.63) is 63.1 Å². The third-order valence-corrected chi connectivity index (χ3v) is 3.90. The fourth-order valence-electron chi connectivity index (χ4n) is 2.08. The van der Waals surface area contributed by atoms with Crippen LogP contribution in [0.2, 0.25) is 5.02 Å². The number of likely N-dealkylation sites (N-methyl/N-ethyl adjacent to an activating group) is 1. The van der Waals surface area contributed by atoms with Gasteiger partial charge >= 0.3 is 0 Å². The third kappa shape index (κ3) is 4.64. The normalized spacial score (nSPS) is 10.7. The highest BCUT2D eigenvalue weighted by Gasteiger charge is 2.18. The molecule has 2 aromatic carbocycles. The van der Waals surface area contributed by atoms with E-state index in [2.05, 4.69) is 21.2 Å². The molecule has 0 aromatic heterocycles. The number of amides is 1. The molecular weight excluding hydrogens is 380 g/mol. The van der Waals surface area contributed by atoms with E-state index in [1.54, 1.807) is 61.5 Å². The van der Waals surface area contributed by atoms with E-state index in [0.29, 0.717) is 21.8 Å². The first-order valence-corrected chi connectivity index (χ1v) is 8.09. The minimum atomic E-state index is -0.239. The average molecular weight is 396 g/mol. The molecule has 4 nitrogen and oxygen atoms in total. The molecule has 1 amide bonds. The molecule has 2 rings (SSSR count). The molecule has 1 N–H and O–H groups in total. The van der Waals surface area contributed by atoms with Crippen LogP contribution in [0.5, 0.6) is 0 Å². The summed E-state index contributed by atoms with van der Waals surface area (Å²) in [5, 5.41) is 3.15. The van der Waals surface area contributed by atoms with Crippen molar-refractivity contribution in [3.63, 3.8) is 0 Å². The fourth-order valence-corrected chi connectivity index (χ4v) is 2.66. The molecule has 120 valence electrons. The van der Waals surface area contributed by atoms with Gasteiger partial charge in [-0.2, -0.15) is 0 Å². The van der Waals surface area contributed by atoms with Gasteiger partial charge in [-0.15, -0.1) is 0 Å². The van der Waals surface area contributed by atoms with Crippen molar-refractivity contribution < 1.29 is 9.59 Å². The molecule has 0 saturated carbocycles. The van der Waals surface area contributed by atoms with Crippen molar-refractivity contribution in [1.29, 1.82) is 0 Å². The van der Waals surface area contributed by atoms with Crippen LogP contribution in [0.3, 0.4) is 0 Å². The lowest BCUT2D eigenvalue weighted by Crippen LogP contribution is -2.27. The second-order valence-electron chi connectivity index (χ2n) is 5.28. The fraction of sp³-hybridized carbons (Fsp3) is 0.176. The Kier molecular flexibility index (Phi) is 5.93. The Labute approximate surface area is 148 Å². The van der Waals surface area contributed by atoms with Crippen LogP contribution in [0.4, 0.5) is 5.69 Å². The van der Waals surface area contributed by atoms with E-state index in [0.717, 1.165) is 4.47 Å². The number of halogens is 2. The second-order valence-corrected chi connectivity index (χ2v) is 6.61. The number of hydrogen-bond donors (Lipinski definition) is 1. The molecule has 6 heteroatoms. The Morgan fingerprint density at radius 1 is 1.13 bits per heavy atom. The second kappa shape index (κ2) is 7.73. The highest BCUT2D eigenvalue weighted by molar-refractivity contribution is 9.10. The molecule has 0 fully saturated rings. The van der Waals surface area contributed by atoms with Gasteiger partial charge in [-0.05, 0) is 44.4 Å². The molecule has 0 aliphatic carbocycles. The lowest BCUT2D eigenvalue weighted by atomic mass is 10.0. The smallest absolute Gasteiger partial charge is 0.238 e. The summed E-state index contributed by atoms with van der Waals surface area (Å²) in [4.78, 5) is 26.5. The number of hydrogen-bond acceptors (Lipinski definition) is 3. The zero-order valence-corrected chi connectivity index (χ0v) is 15.1. The molecule has 0 aliphatic heterocycles. The summed E-state index contributed by atoms with van der Waals surface area (Å²) < 4.78 is 0.749. The van der Waals surface area contributed by atoms with Crippen LogP contribution in [0.15, 0.2) is 46.9 Å². The van der Waals surface area contributed by atoms with Gasteiger partial charge in [0.2, 0.25) is 5.91 Å². The number of nitrogens with zero attached hydrogens (tertiary/aromatic N) is 1. The van der Waals surface area contributed by atoms with Crippen LogP contribution in [0.1, 0.15) is 15.9 Å². The Balaban J connectivity index is 2.38. The van der Waals surface area contributed by atoms with E-state index < -0.39 is 0 Å². The molecule has 0 aliphatic rings. The van der Waals surface area contributed by atoms with Crippen LogP contribution >= 0.6 is 27.5 Å². The first-order chi connectivity index (χ1) is 10.9.